The Labute approximate surface area is 142 Å². The van der Waals surface area contributed by atoms with Gasteiger partial charge in [-0.3, -0.25) is 9.69 Å². The smallest absolute Gasteiger partial charge is 0.287 e. The van der Waals surface area contributed by atoms with Crippen molar-refractivity contribution < 1.29 is 13.9 Å². The van der Waals surface area contributed by atoms with Crippen LogP contribution in [0.25, 0.3) is 0 Å². The zero-order valence-electron chi connectivity index (χ0n) is 14.2. The summed E-state index contributed by atoms with van der Waals surface area (Å²) in [4.78, 5) is 14.8. The fourth-order valence-electron chi connectivity index (χ4n) is 3.31. The number of benzene rings is 1. The molecule has 1 amide bonds. The van der Waals surface area contributed by atoms with Crippen molar-refractivity contribution in [3.8, 4) is 5.75 Å². The zero-order chi connectivity index (χ0) is 16.9. The molecule has 5 nitrogen and oxygen atoms in total. The maximum Gasteiger partial charge on any atom is 0.287 e. The van der Waals surface area contributed by atoms with Crippen molar-refractivity contribution in [3.63, 3.8) is 0 Å². The van der Waals surface area contributed by atoms with Crippen molar-refractivity contribution in [2.75, 3.05) is 26.7 Å². The van der Waals surface area contributed by atoms with E-state index in [1.54, 1.807) is 19.4 Å². The van der Waals surface area contributed by atoms with E-state index in [9.17, 15) is 4.79 Å². The number of likely N-dealkylation sites (tertiary alicyclic amines) is 1. The van der Waals surface area contributed by atoms with Gasteiger partial charge in [-0.15, -0.1) is 0 Å². The highest BCUT2D eigenvalue weighted by molar-refractivity contribution is 5.92. The third kappa shape index (κ3) is 3.46. The number of para-hydroxylation sites is 1. The SMILES string of the molecule is COc1ccccc1C(CNC(=O)c1occc1C)N1CCCC1. The lowest BCUT2D eigenvalue weighted by molar-refractivity contribution is 0.0908. The first-order valence-electron chi connectivity index (χ1n) is 8.40. The molecule has 1 aliphatic rings. The average Bonchev–Trinajstić information content (AvgIpc) is 3.27. The van der Waals surface area contributed by atoms with E-state index in [4.69, 9.17) is 9.15 Å². The van der Waals surface area contributed by atoms with Gasteiger partial charge in [-0.05, 0) is 45.0 Å². The second kappa shape index (κ2) is 7.53. The minimum absolute atomic E-state index is 0.0999. The van der Waals surface area contributed by atoms with Crippen molar-refractivity contribution in [2.24, 2.45) is 0 Å². The molecule has 0 bridgehead atoms. The molecule has 1 atom stereocenters. The molecule has 2 aromatic rings. The molecule has 1 aromatic carbocycles. The van der Waals surface area contributed by atoms with Crippen molar-refractivity contribution >= 4 is 5.91 Å². The maximum absolute atomic E-state index is 12.4. The van der Waals surface area contributed by atoms with Crippen LogP contribution in [0.4, 0.5) is 0 Å². The molecule has 24 heavy (non-hydrogen) atoms. The van der Waals surface area contributed by atoms with Crippen LogP contribution in [0.3, 0.4) is 0 Å². The Kier molecular flexibility index (Phi) is 5.20. The number of hydrogen-bond donors (Lipinski definition) is 1. The van der Waals surface area contributed by atoms with Gasteiger partial charge < -0.3 is 14.5 Å². The van der Waals surface area contributed by atoms with E-state index in [0.717, 1.165) is 30.0 Å². The summed E-state index contributed by atoms with van der Waals surface area (Å²) in [6, 6.07) is 9.92. The normalized spacial score (nSPS) is 16.1. The van der Waals surface area contributed by atoms with Crippen LogP contribution in [0.2, 0.25) is 0 Å². The highest BCUT2D eigenvalue weighted by Crippen LogP contribution is 2.31. The minimum Gasteiger partial charge on any atom is -0.496 e. The molecule has 1 saturated heterocycles. The second-order valence-corrected chi connectivity index (χ2v) is 6.14. The minimum atomic E-state index is -0.170. The number of aryl methyl sites for hydroxylation is 1. The van der Waals surface area contributed by atoms with Crippen LogP contribution in [0.5, 0.6) is 5.75 Å². The largest absolute Gasteiger partial charge is 0.496 e. The summed E-state index contributed by atoms with van der Waals surface area (Å²) in [5, 5.41) is 3.02. The predicted octanol–water partition coefficient (Wildman–Crippen LogP) is 3.16. The predicted molar refractivity (Wildman–Crippen MR) is 92.3 cm³/mol. The van der Waals surface area contributed by atoms with Gasteiger partial charge in [0.05, 0.1) is 19.4 Å². The summed E-state index contributed by atoms with van der Waals surface area (Å²) in [6.07, 6.45) is 3.93. The molecule has 3 rings (SSSR count). The Morgan fingerprint density at radius 2 is 2.04 bits per heavy atom. The molecule has 0 saturated carbocycles. The topological polar surface area (TPSA) is 54.7 Å². The van der Waals surface area contributed by atoms with Crippen LogP contribution in [0.15, 0.2) is 41.0 Å². The van der Waals surface area contributed by atoms with Crippen LogP contribution in [0, 0.1) is 6.92 Å². The van der Waals surface area contributed by atoms with Gasteiger partial charge in [0.1, 0.15) is 5.75 Å². The Balaban J connectivity index is 1.78. The summed E-state index contributed by atoms with van der Waals surface area (Å²) in [6.45, 7) is 4.48. The first-order valence-corrected chi connectivity index (χ1v) is 8.40. The number of ether oxygens (including phenoxy) is 1. The zero-order valence-corrected chi connectivity index (χ0v) is 14.2. The number of amides is 1. The van der Waals surface area contributed by atoms with E-state index >= 15 is 0 Å². The van der Waals surface area contributed by atoms with E-state index in [1.165, 1.54) is 12.8 Å². The molecule has 1 fully saturated rings. The number of furan rings is 1. The third-order valence-electron chi connectivity index (χ3n) is 4.60. The fraction of sp³-hybridized carbons (Fsp3) is 0.421. The molecule has 1 N–H and O–H groups in total. The van der Waals surface area contributed by atoms with Gasteiger partial charge in [-0.25, -0.2) is 0 Å². The van der Waals surface area contributed by atoms with Gasteiger partial charge in [-0.1, -0.05) is 18.2 Å². The lowest BCUT2D eigenvalue weighted by Crippen LogP contribution is -2.37. The molecule has 0 spiro atoms. The van der Waals surface area contributed by atoms with Gasteiger partial charge in [0.25, 0.3) is 5.91 Å². The Morgan fingerprint density at radius 1 is 1.29 bits per heavy atom. The number of carbonyl (C=O) groups is 1. The van der Waals surface area contributed by atoms with Crippen LogP contribution in [-0.4, -0.2) is 37.6 Å². The monoisotopic (exact) mass is 328 g/mol. The van der Waals surface area contributed by atoms with Crippen LogP contribution in [-0.2, 0) is 0 Å². The first kappa shape index (κ1) is 16.6. The van der Waals surface area contributed by atoms with Gasteiger partial charge in [0.2, 0.25) is 0 Å². The molecule has 128 valence electrons. The lowest BCUT2D eigenvalue weighted by Gasteiger charge is -2.29. The molecule has 1 aromatic heterocycles. The Hall–Kier alpha value is -2.27. The van der Waals surface area contributed by atoms with Gasteiger partial charge >= 0.3 is 0 Å². The number of nitrogens with zero attached hydrogens (tertiary/aromatic N) is 1. The van der Waals surface area contributed by atoms with Gasteiger partial charge in [0.15, 0.2) is 5.76 Å². The van der Waals surface area contributed by atoms with E-state index < -0.39 is 0 Å². The number of nitrogens with one attached hydrogen (secondary N) is 1. The molecule has 1 aliphatic heterocycles. The van der Waals surface area contributed by atoms with Crippen LogP contribution < -0.4 is 10.1 Å². The fourth-order valence-corrected chi connectivity index (χ4v) is 3.31. The Morgan fingerprint density at radius 3 is 2.71 bits per heavy atom. The third-order valence-corrected chi connectivity index (χ3v) is 4.60. The van der Waals surface area contributed by atoms with E-state index in [-0.39, 0.29) is 11.9 Å². The van der Waals surface area contributed by atoms with Crippen molar-refractivity contribution in [3.05, 3.63) is 53.5 Å². The molecule has 0 radical (unpaired) electrons. The number of methoxy groups -OCH3 is 1. The maximum atomic E-state index is 12.4. The lowest BCUT2D eigenvalue weighted by atomic mass is 10.0. The summed E-state index contributed by atoms with van der Waals surface area (Å²) < 4.78 is 10.8. The number of hydrogen-bond acceptors (Lipinski definition) is 4. The molecule has 2 heterocycles. The number of carbonyl (C=O) groups excluding carboxylic acids is 1. The van der Waals surface area contributed by atoms with Crippen LogP contribution in [0.1, 0.15) is 40.6 Å². The van der Waals surface area contributed by atoms with Crippen molar-refractivity contribution in [1.82, 2.24) is 10.2 Å². The van der Waals surface area contributed by atoms with Gasteiger partial charge in [-0.2, -0.15) is 0 Å². The standard InChI is InChI=1S/C19H24N2O3/c1-14-9-12-24-18(14)19(22)20-13-16(21-10-5-6-11-21)15-7-3-4-8-17(15)23-2/h3-4,7-9,12,16H,5-6,10-11,13H2,1-2H3,(H,20,22). The summed E-state index contributed by atoms with van der Waals surface area (Å²) >= 11 is 0. The van der Waals surface area contributed by atoms with Gasteiger partial charge in [0, 0.05) is 17.7 Å². The second-order valence-electron chi connectivity index (χ2n) is 6.14. The van der Waals surface area contributed by atoms with E-state index in [0.29, 0.717) is 12.3 Å². The van der Waals surface area contributed by atoms with E-state index in [2.05, 4.69) is 16.3 Å². The van der Waals surface area contributed by atoms with Crippen molar-refractivity contribution in [1.29, 1.82) is 0 Å². The molecule has 0 aliphatic carbocycles. The number of rotatable bonds is 6. The molecular weight excluding hydrogens is 304 g/mol. The highest BCUT2D eigenvalue weighted by atomic mass is 16.5. The van der Waals surface area contributed by atoms with Crippen LogP contribution >= 0.6 is 0 Å². The summed E-state index contributed by atoms with van der Waals surface area (Å²) in [7, 11) is 1.69. The summed E-state index contributed by atoms with van der Waals surface area (Å²) in [5.74, 6) is 1.07. The molecular formula is C19H24N2O3. The Bertz CT molecular complexity index is 689. The first-order chi connectivity index (χ1) is 11.7. The summed E-state index contributed by atoms with van der Waals surface area (Å²) in [5.41, 5.74) is 1.96. The molecule has 5 heteroatoms. The van der Waals surface area contributed by atoms with Crippen molar-refractivity contribution in [2.45, 2.75) is 25.8 Å². The average molecular weight is 328 g/mol. The quantitative estimate of drug-likeness (QED) is 0.885. The van der Waals surface area contributed by atoms with E-state index in [1.807, 2.05) is 25.1 Å². The highest BCUT2D eigenvalue weighted by Gasteiger charge is 2.26. The molecule has 1 unspecified atom stereocenters.